The zero-order valence-electron chi connectivity index (χ0n) is 14.5. The van der Waals surface area contributed by atoms with Gasteiger partial charge in [-0.25, -0.2) is 4.79 Å². The van der Waals surface area contributed by atoms with Crippen LogP contribution in [0.4, 0.5) is 16.2 Å². The first-order valence-electron chi connectivity index (χ1n) is 8.68. The molecule has 1 heterocycles. The lowest BCUT2D eigenvalue weighted by molar-refractivity contribution is -0.384. The monoisotopic (exact) mass is 354 g/mol. The molecule has 0 unspecified atom stereocenters. The van der Waals surface area contributed by atoms with Gasteiger partial charge in [0.15, 0.2) is 0 Å². The van der Waals surface area contributed by atoms with Gasteiger partial charge in [-0.15, -0.1) is 0 Å². The van der Waals surface area contributed by atoms with Gasteiger partial charge in [-0.2, -0.15) is 0 Å². The number of nitro benzene ring substituents is 1. The van der Waals surface area contributed by atoms with E-state index in [1.54, 1.807) is 17.0 Å². The van der Waals surface area contributed by atoms with Crippen LogP contribution in [0, 0.1) is 10.1 Å². The predicted molar refractivity (Wildman–Crippen MR) is 100 cm³/mol. The number of urea groups is 1. The van der Waals surface area contributed by atoms with E-state index in [0.29, 0.717) is 18.8 Å². The maximum Gasteiger partial charge on any atom is 0.321 e. The van der Waals surface area contributed by atoms with E-state index >= 15 is 0 Å². The Bertz CT molecular complexity index is 766. The van der Waals surface area contributed by atoms with Crippen molar-refractivity contribution >= 4 is 17.4 Å². The summed E-state index contributed by atoms with van der Waals surface area (Å²) in [5, 5.41) is 13.6. The first-order valence-corrected chi connectivity index (χ1v) is 8.68. The number of hydrogen-bond acceptors (Lipinski definition) is 4. The number of anilines is 1. The van der Waals surface area contributed by atoms with Gasteiger partial charge in [-0.3, -0.25) is 15.0 Å². The molecule has 2 aromatic carbocycles. The number of carbonyl (C=O) groups is 1. The van der Waals surface area contributed by atoms with Gasteiger partial charge in [0.05, 0.1) is 4.92 Å². The second-order valence-corrected chi connectivity index (χ2v) is 6.34. The molecule has 1 aliphatic heterocycles. The average Bonchev–Trinajstić information content (AvgIpc) is 2.88. The number of amides is 2. The number of nitrogens with zero attached hydrogens (tertiary/aromatic N) is 3. The van der Waals surface area contributed by atoms with Gasteiger partial charge >= 0.3 is 6.03 Å². The van der Waals surface area contributed by atoms with Crippen molar-refractivity contribution in [2.45, 2.75) is 13.0 Å². The van der Waals surface area contributed by atoms with Crippen LogP contribution in [-0.4, -0.2) is 46.9 Å². The van der Waals surface area contributed by atoms with Crippen molar-refractivity contribution < 1.29 is 9.72 Å². The number of non-ortho nitro benzene ring substituents is 1. The summed E-state index contributed by atoms with van der Waals surface area (Å²) in [4.78, 5) is 27.0. The number of carbonyl (C=O) groups excluding carboxylic acids is 1. The highest BCUT2D eigenvalue weighted by Crippen LogP contribution is 2.18. The molecule has 26 heavy (non-hydrogen) atoms. The van der Waals surface area contributed by atoms with E-state index in [0.717, 1.165) is 26.1 Å². The van der Waals surface area contributed by atoms with Crippen molar-refractivity contribution in [3.8, 4) is 0 Å². The molecule has 136 valence electrons. The Balaban J connectivity index is 1.56. The van der Waals surface area contributed by atoms with Crippen molar-refractivity contribution in [3.05, 3.63) is 70.3 Å². The summed E-state index contributed by atoms with van der Waals surface area (Å²) in [6, 6.07) is 16.1. The quantitative estimate of drug-likeness (QED) is 0.675. The molecule has 0 spiro atoms. The van der Waals surface area contributed by atoms with E-state index in [4.69, 9.17) is 0 Å². The Kier molecular flexibility index (Phi) is 5.80. The molecule has 1 N–H and O–H groups in total. The second-order valence-electron chi connectivity index (χ2n) is 6.34. The van der Waals surface area contributed by atoms with Crippen LogP contribution >= 0.6 is 0 Å². The second kappa shape index (κ2) is 8.44. The number of nitro groups is 1. The normalized spacial score (nSPS) is 15.3. The molecule has 7 heteroatoms. The minimum Gasteiger partial charge on any atom is -0.323 e. The Morgan fingerprint density at radius 2 is 1.85 bits per heavy atom. The van der Waals surface area contributed by atoms with Crippen LogP contribution < -0.4 is 5.32 Å². The van der Waals surface area contributed by atoms with E-state index < -0.39 is 4.92 Å². The number of nitrogens with one attached hydrogen (secondary N) is 1. The fourth-order valence-corrected chi connectivity index (χ4v) is 3.07. The minimum atomic E-state index is -0.469. The van der Waals surface area contributed by atoms with Gasteiger partial charge in [0, 0.05) is 50.5 Å². The van der Waals surface area contributed by atoms with Crippen LogP contribution in [0.5, 0.6) is 0 Å². The van der Waals surface area contributed by atoms with Gasteiger partial charge in [0.2, 0.25) is 0 Å². The third kappa shape index (κ3) is 4.80. The third-order valence-electron chi connectivity index (χ3n) is 4.43. The minimum absolute atomic E-state index is 0.0345. The SMILES string of the molecule is O=C(Nc1cccc([N+](=O)[O-])c1)N1CCCN(Cc2ccccc2)CC1. The lowest BCUT2D eigenvalue weighted by Gasteiger charge is -2.22. The summed E-state index contributed by atoms with van der Waals surface area (Å²) in [5.74, 6) is 0. The number of benzene rings is 2. The Morgan fingerprint density at radius 1 is 1.04 bits per heavy atom. The summed E-state index contributed by atoms with van der Waals surface area (Å²) >= 11 is 0. The summed E-state index contributed by atoms with van der Waals surface area (Å²) in [5.41, 5.74) is 1.67. The summed E-state index contributed by atoms with van der Waals surface area (Å²) in [7, 11) is 0. The van der Waals surface area contributed by atoms with Gasteiger partial charge in [-0.05, 0) is 18.1 Å². The van der Waals surface area contributed by atoms with E-state index in [1.165, 1.54) is 17.7 Å². The van der Waals surface area contributed by atoms with Crippen LogP contribution in [0.2, 0.25) is 0 Å². The largest absolute Gasteiger partial charge is 0.323 e. The van der Waals surface area contributed by atoms with Crippen LogP contribution in [-0.2, 0) is 6.54 Å². The van der Waals surface area contributed by atoms with E-state index in [2.05, 4.69) is 22.3 Å². The molecule has 0 aromatic heterocycles. The van der Waals surface area contributed by atoms with Crippen molar-refractivity contribution in [2.75, 3.05) is 31.5 Å². The molecule has 2 aromatic rings. The molecule has 0 aliphatic carbocycles. The maximum atomic E-state index is 12.5. The van der Waals surface area contributed by atoms with Crippen molar-refractivity contribution in [2.24, 2.45) is 0 Å². The molecule has 0 saturated carbocycles. The van der Waals surface area contributed by atoms with Crippen LogP contribution in [0.3, 0.4) is 0 Å². The topological polar surface area (TPSA) is 78.7 Å². The predicted octanol–water partition coefficient (Wildman–Crippen LogP) is 3.33. The summed E-state index contributed by atoms with van der Waals surface area (Å²) in [6.45, 7) is 3.92. The molecule has 2 amide bonds. The van der Waals surface area contributed by atoms with Crippen molar-refractivity contribution in [3.63, 3.8) is 0 Å². The Labute approximate surface area is 152 Å². The number of rotatable bonds is 4. The lowest BCUT2D eigenvalue weighted by atomic mass is 10.2. The molecular weight excluding hydrogens is 332 g/mol. The van der Waals surface area contributed by atoms with Crippen molar-refractivity contribution in [1.29, 1.82) is 0 Å². The van der Waals surface area contributed by atoms with Gasteiger partial charge in [0.1, 0.15) is 0 Å². The Hall–Kier alpha value is -2.93. The smallest absolute Gasteiger partial charge is 0.321 e. The highest BCUT2D eigenvalue weighted by molar-refractivity contribution is 5.89. The maximum absolute atomic E-state index is 12.5. The highest BCUT2D eigenvalue weighted by Gasteiger charge is 2.19. The molecule has 0 atom stereocenters. The fourth-order valence-electron chi connectivity index (χ4n) is 3.07. The van der Waals surface area contributed by atoms with Crippen molar-refractivity contribution in [1.82, 2.24) is 9.80 Å². The van der Waals surface area contributed by atoms with Crippen LogP contribution in [0.1, 0.15) is 12.0 Å². The molecule has 3 rings (SSSR count). The van der Waals surface area contributed by atoms with E-state index in [1.807, 2.05) is 18.2 Å². The first-order chi connectivity index (χ1) is 12.6. The Morgan fingerprint density at radius 3 is 2.62 bits per heavy atom. The first kappa shape index (κ1) is 17.9. The van der Waals surface area contributed by atoms with Crippen LogP contribution in [0.25, 0.3) is 0 Å². The zero-order valence-corrected chi connectivity index (χ0v) is 14.5. The van der Waals surface area contributed by atoms with Crippen LogP contribution in [0.15, 0.2) is 54.6 Å². The van der Waals surface area contributed by atoms with E-state index in [-0.39, 0.29) is 11.7 Å². The average molecular weight is 354 g/mol. The summed E-state index contributed by atoms with van der Waals surface area (Å²) in [6.07, 6.45) is 0.898. The molecule has 7 nitrogen and oxygen atoms in total. The van der Waals surface area contributed by atoms with Gasteiger partial charge in [0.25, 0.3) is 5.69 Å². The lowest BCUT2D eigenvalue weighted by Crippen LogP contribution is -2.38. The molecule has 1 fully saturated rings. The zero-order chi connectivity index (χ0) is 18.4. The third-order valence-corrected chi connectivity index (χ3v) is 4.43. The molecule has 0 bridgehead atoms. The fraction of sp³-hybridized carbons (Fsp3) is 0.316. The van der Waals surface area contributed by atoms with Gasteiger partial charge in [-0.1, -0.05) is 36.4 Å². The molecular formula is C19H22N4O3. The highest BCUT2D eigenvalue weighted by atomic mass is 16.6. The van der Waals surface area contributed by atoms with E-state index in [9.17, 15) is 14.9 Å². The molecule has 0 radical (unpaired) electrons. The standard InChI is InChI=1S/C19H22N4O3/c24-19(20-17-8-4-9-18(14-17)23(25)26)22-11-5-10-21(12-13-22)15-16-6-2-1-3-7-16/h1-4,6-9,14H,5,10-13,15H2,(H,20,24). The van der Waals surface area contributed by atoms with Gasteiger partial charge < -0.3 is 10.2 Å². The summed E-state index contributed by atoms with van der Waals surface area (Å²) < 4.78 is 0. The molecule has 1 saturated heterocycles. The molecule has 1 aliphatic rings. The number of hydrogen-bond donors (Lipinski definition) is 1.